The quantitative estimate of drug-likeness (QED) is 0.737. The second-order valence-electron chi connectivity index (χ2n) is 5.40. The number of ether oxygens (including phenoxy) is 1. The lowest BCUT2D eigenvalue weighted by Crippen LogP contribution is -2.38. The highest BCUT2D eigenvalue weighted by Crippen LogP contribution is 2.18. The van der Waals surface area contributed by atoms with Gasteiger partial charge < -0.3 is 10.5 Å². The number of carbonyl (C=O) groups excluding carboxylic acids is 1. The normalized spacial score (nSPS) is 14.9. The maximum atomic E-state index is 13.1. The van der Waals surface area contributed by atoms with E-state index in [2.05, 4.69) is 0 Å². The molecule has 0 radical (unpaired) electrons. The smallest absolute Gasteiger partial charge is 0.323 e. The third-order valence-electron chi connectivity index (χ3n) is 1.76. The Kier molecular flexibility index (Phi) is 4.71. The SMILES string of the molecule is CC(C)(F)CC[C@H](N)C(=O)OC(C)(C)C. The summed E-state index contributed by atoms with van der Waals surface area (Å²) in [7, 11) is 0. The molecule has 0 unspecified atom stereocenters. The van der Waals surface area contributed by atoms with Crippen LogP contribution in [-0.2, 0) is 9.53 Å². The van der Waals surface area contributed by atoms with E-state index in [0.717, 1.165) is 0 Å². The highest BCUT2D eigenvalue weighted by atomic mass is 19.1. The van der Waals surface area contributed by atoms with Gasteiger partial charge in [0.05, 0.1) is 0 Å². The minimum atomic E-state index is -1.29. The summed E-state index contributed by atoms with van der Waals surface area (Å²) in [4.78, 5) is 11.4. The summed E-state index contributed by atoms with van der Waals surface area (Å²) in [6.45, 7) is 8.26. The second-order valence-corrected chi connectivity index (χ2v) is 5.40. The molecular weight excluding hydrogens is 197 g/mol. The van der Waals surface area contributed by atoms with Crippen molar-refractivity contribution in [3.63, 3.8) is 0 Å². The lowest BCUT2D eigenvalue weighted by molar-refractivity contribution is -0.156. The van der Waals surface area contributed by atoms with Crippen molar-refractivity contribution >= 4 is 5.97 Å². The molecule has 0 aromatic rings. The summed E-state index contributed by atoms with van der Waals surface area (Å²) < 4.78 is 18.2. The van der Waals surface area contributed by atoms with E-state index in [9.17, 15) is 9.18 Å². The van der Waals surface area contributed by atoms with Crippen molar-refractivity contribution < 1.29 is 13.9 Å². The van der Waals surface area contributed by atoms with Gasteiger partial charge in [-0.05, 0) is 47.5 Å². The average Bonchev–Trinajstić information content (AvgIpc) is 1.95. The van der Waals surface area contributed by atoms with Gasteiger partial charge >= 0.3 is 5.97 Å². The van der Waals surface area contributed by atoms with E-state index in [1.54, 1.807) is 20.8 Å². The molecule has 0 aliphatic rings. The van der Waals surface area contributed by atoms with Crippen LogP contribution in [0.15, 0.2) is 0 Å². The van der Waals surface area contributed by atoms with Gasteiger partial charge in [0.25, 0.3) is 0 Å². The lowest BCUT2D eigenvalue weighted by atomic mass is 10.0. The van der Waals surface area contributed by atoms with Crippen LogP contribution in [-0.4, -0.2) is 23.3 Å². The number of esters is 1. The van der Waals surface area contributed by atoms with Crippen molar-refractivity contribution in [1.82, 2.24) is 0 Å². The minimum Gasteiger partial charge on any atom is -0.459 e. The summed E-state index contributed by atoms with van der Waals surface area (Å²) >= 11 is 0. The summed E-state index contributed by atoms with van der Waals surface area (Å²) in [6, 6.07) is -0.737. The van der Waals surface area contributed by atoms with Gasteiger partial charge in [-0.15, -0.1) is 0 Å². The van der Waals surface area contributed by atoms with E-state index in [1.807, 2.05) is 0 Å². The highest BCUT2D eigenvalue weighted by Gasteiger charge is 2.24. The van der Waals surface area contributed by atoms with Crippen LogP contribution in [0.1, 0.15) is 47.5 Å². The Hall–Kier alpha value is -0.640. The molecule has 90 valence electrons. The van der Waals surface area contributed by atoms with Gasteiger partial charge in [-0.2, -0.15) is 0 Å². The highest BCUT2D eigenvalue weighted by molar-refractivity contribution is 5.75. The van der Waals surface area contributed by atoms with Gasteiger partial charge in [-0.1, -0.05) is 0 Å². The van der Waals surface area contributed by atoms with Gasteiger partial charge in [0.1, 0.15) is 17.3 Å². The fraction of sp³-hybridized carbons (Fsp3) is 0.909. The molecule has 15 heavy (non-hydrogen) atoms. The van der Waals surface area contributed by atoms with Crippen molar-refractivity contribution in [2.45, 2.75) is 64.8 Å². The Bertz CT molecular complexity index is 216. The molecule has 0 fully saturated rings. The Morgan fingerprint density at radius 2 is 1.80 bits per heavy atom. The van der Waals surface area contributed by atoms with E-state index in [0.29, 0.717) is 6.42 Å². The van der Waals surface area contributed by atoms with E-state index in [4.69, 9.17) is 10.5 Å². The molecule has 0 bridgehead atoms. The standard InChI is InChI=1S/C11H22FNO2/c1-10(2,3)15-9(14)8(13)6-7-11(4,5)12/h8H,6-7,13H2,1-5H3/t8-/m0/s1. The number of hydrogen-bond donors (Lipinski definition) is 1. The fourth-order valence-corrected chi connectivity index (χ4v) is 0.994. The van der Waals surface area contributed by atoms with Crippen LogP contribution >= 0.6 is 0 Å². The average molecular weight is 219 g/mol. The van der Waals surface area contributed by atoms with Gasteiger partial charge in [0.2, 0.25) is 0 Å². The zero-order valence-electron chi connectivity index (χ0n) is 10.3. The molecule has 1 atom stereocenters. The van der Waals surface area contributed by atoms with Gasteiger partial charge in [0.15, 0.2) is 0 Å². The van der Waals surface area contributed by atoms with Crippen LogP contribution in [0.2, 0.25) is 0 Å². The topological polar surface area (TPSA) is 52.3 Å². The molecule has 0 aromatic carbocycles. The molecule has 4 heteroatoms. The van der Waals surface area contributed by atoms with Gasteiger partial charge in [0, 0.05) is 0 Å². The van der Waals surface area contributed by atoms with Crippen LogP contribution in [0.25, 0.3) is 0 Å². The maximum absolute atomic E-state index is 13.1. The Labute approximate surface area is 91.2 Å². The van der Waals surface area contributed by atoms with Gasteiger partial charge in [-0.25, -0.2) is 4.39 Å². The molecule has 0 aliphatic carbocycles. The minimum absolute atomic E-state index is 0.257. The third kappa shape index (κ3) is 8.36. The fourth-order valence-electron chi connectivity index (χ4n) is 0.994. The largest absolute Gasteiger partial charge is 0.459 e. The first kappa shape index (κ1) is 14.4. The molecule has 0 saturated carbocycles. The molecule has 0 aliphatic heterocycles. The first-order valence-corrected chi connectivity index (χ1v) is 5.19. The van der Waals surface area contributed by atoms with Crippen LogP contribution in [0.3, 0.4) is 0 Å². The Morgan fingerprint density at radius 1 is 1.33 bits per heavy atom. The van der Waals surface area contributed by atoms with Crippen molar-refractivity contribution in [3.8, 4) is 0 Å². The van der Waals surface area contributed by atoms with E-state index in [1.165, 1.54) is 13.8 Å². The first-order chi connectivity index (χ1) is 6.51. The molecular formula is C11H22FNO2. The monoisotopic (exact) mass is 219 g/mol. The molecule has 0 spiro atoms. The Balaban J connectivity index is 4.01. The molecule has 2 N–H and O–H groups in total. The zero-order valence-corrected chi connectivity index (χ0v) is 10.3. The van der Waals surface area contributed by atoms with Crippen molar-refractivity contribution in [2.24, 2.45) is 5.73 Å². The maximum Gasteiger partial charge on any atom is 0.323 e. The Morgan fingerprint density at radius 3 is 2.13 bits per heavy atom. The summed E-state index contributed by atoms with van der Waals surface area (Å²) in [6.07, 6.45) is 0.561. The number of hydrogen-bond acceptors (Lipinski definition) is 3. The van der Waals surface area contributed by atoms with E-state index in [-0.39, 0.29) is 6.42 Å². The molecule has 3 nitrogen and oxygen atoms in total. The van der Waals surface area contributed by atoms with E-state index >= 15 is 0 Å². The summed E-state index contributed by atoms with van der Waals surface area (Å²) in [5, 5.41) is 0. The number of nitrogens with two attached hydrogens (primary N) is 1. The van der Waals surface area contributed by atoms with Gasteiger partial charge in [-0.3, -0.25) is 4.79 Å². The van der Waals surface area contributed by atoms with Crippen molar-refractivity contribution in [3.05, 3.63) is 0 Å². The predicted molar refractivity (Wildman–Crippen MR) is 58.2 cm³/mol. The van der Waals surface area contributed by atoms with Crippen LogP contribution in [0.5, 0.6) is 0 Å². The molecule has 0 heterocycles. The van der Waals surface area contributed by atoms with Crippen molar-refractivity contribution in [2.75, 3.05) is 0 Å². The molecule has 0 saturated heterocycles. The third-order valence-corrected chi connectivity index (χ3v) is 1.76. The molecule has 0 aromatic heterocycles. The number of alkyl halides is 1. The lowest BCUT2D eigenvalue weighted by Gasteiger charge is -2.23. The number of halogens is 1. The van der Waals surface area contributed by atoms with Crippen molar-refractivity contribution in [1.29, 1.82) is 0 Å². The number of carbonyl (C=O) groups is 1. The second kappa shape index (κ2) is 4.92. The van der Waals surface area contributed by atoms with E-state index < -0.39 is 23.3 Å². The van der Waals surface area contributed by atoms with Crippen LogP contribution in [0.4, 0.5) is 4.39 Å². The van der Waals surface area contributed by atoms with Crippen LogP contribution in [0, 0.1) is 0 Å². The first-order valence-electron chi connectivity index (χ1n) is 5.19. The number of rotatable bonds is 4. The molecule has 0 rings (SSSR count). The molecule has 0 amide bonds. The summed E-state index contributed by atoms with van der Waals surface area (Å²) in [5.41, 5.74) is 3.76. The van der Waals surface area contributed by atoms with Crippen LogP contribution < -0.4 is 5.73 Å². The predicted octanol–water partition coefficient (Wildman–Crippen LogP) is 2.18. The zero-order chi connectivity index (χ0) is 12.3. The summed E-state index contributed by atoms with van der Waals surface area (Å²) in [5.74, 6) is -0.466.